The molecule has 1 N–H and O–H groups in total. The summed E-state index contributed by atoms with van der Waals surface area (Å²) in [5.74, 6) is 0.339. The lowest BCUT2D eigenvalue weighted by Crippen LogP contribution is -2.34. The molecule has 3 heterocycles. The zero-order chi connectivity index (χ0) is 21.8. The molecule has 0 bridgehead atoms. The number of carbonyl (C=O) groups excluding carboxylic acids is 1. The summed E-state index contributed by atoms with van der Waals surface area (Å²) in [7, 11) is 3.58. The Morgan fingerprint density at radius 2 is 2.10 bits per heavy atom. The van der Waals surface area contributed by atoms with Crippen molar-refractivity contribution in [1.82, 2.24) is 19.7 Å². The number of piperidine rings is 1. The van der Waals surface area contributed by atoms with Gasteiger partial charge < -0.3 is 15.0 Å². The van der Waals surface area contributed by atoms with Crippen molar-refractivity contribution in [2.45, 2.75) is 32.9 Å². The maximum absolute atomic E-state index is 11.6. The summed E-state index contributed by atoms with van der Waals surface area (Å²) in [5.41, 5.74) is 3.59. The van der Waals surface area contributed by atoms with E-state index in [4.69, 9.17) is 9.84 Å². The van der Waals surface area contributed by atoms with Gasteiger partial charge in [0.2, 0.25) is 0 Å². The van der Waals surface area contributed by atoms with E-state index in [-0.39, 0.29) is 5.97 Å². The second-order valence-corrected chi connectivity index (χ2v) is 9.17. The molecule has 164 valence electrons. The number of ether oxygens (including phenoxy) is 1. The normalized spacial score (nSPS) is 16.9. The van der Waals surface area contributed by atoms with Crippen molar-refractivity contribution < 1.29 is 9.53 Å². The number of carbonyl (C=O) groups is 1. The average Bonchev–Trinajstić information content (AvgIpc) is 3.38. The zero-order valence-corrected chi connectivity index (χ0v) is 19.1. The standard InChI is InChI=1S/C23H29N5O2S/c1-16-21(20-10-12-28(26-20)15-18-5-4-11-27(2)14-18)31-23(25-16)24-13-17-6-8-19(9-7-17)22(29)30-3/h6-10,12,18H,4-5,11,13-15H2,1-3H3,(H,24,25). The minimum atomic E-state index is -0.324. The molecule has 0 spiro atoms. The van der Waals surface area contributed by atoms with Crippen LogP contribution in [0.25, 0.3) is 10.6 Å². The van der Waals surface area contributed by atoms with Crippen molar-refractivity contribution in [3.8, 4) is 10.6 Å². The molecule has 1 atom stereocenters. The number of anilines is 1. The van der Waals surface area contributed by atoms with Crippen LogP contribution in [0.1, 0.15) is 34.5 Å². The molecule has 0 saturated carbocycles. The topological polar surface area (TPSA) is 72.3 Å². The summed E-state index contributed by atoms with van der Waals surface area (Å²) in [4.78, 5) is 19.7. The third-order valence-corrected chi connectivity index (χ3v) is 6.79. The van der Waals surface area contributed by atoms with Crippen LogP contribution in [-0.4, -0.2) is 52.9 Å². The molecule has 1 unspecified atom stereocenters. The molecule has 2 aromatic heterocycles. The number of benzene rings is 1. The fourth-order valence-electron chi connectivity index (χ4n) is 4.04. The first kappa shape index (κ1) is 21.5. The molecule has 0 aliphatic carbocycles. The van der Waals surface area contributed by atoms with Crippen LogP contribution < -0.4 is 5.32 Å². The number of nitrogens with zero attached hydrogens (tertiary/aromatic N) is 4. The van der Waals surface area contributed by atoms with E-state index in [9.17, 15) is 4.79 Å². The lowest BCUT2D eigenvalue weighted by Gasteiger charge is -2.29. The van der Waals surface area contributed by atoms with E-state index in [0.717, 1.165) is 40.0 Å². The molecule has 0 radical (unpaired) electrons. The molecule has 7 nitrogen and oxygen atoms in total. The number of esters is 1. The van der Waals surface area contributed by atoms with E-state index in [2.05, 4.69) is 39.2 Å². The number of hydrogen-bond acceptors (Lipinski definition) is 7. The predicted molar refractivity (Wildman–Crippen MR) is 123 cm³/mol. The van der Waals surface area contributed by atoms with Gasteiger partial charge in [0, 0.05) is 25.8 Å². The minimum absolute atomic E-state index is 0.324. The Balaban J connectivity index is 1.37. The zero-order valence-electron chi connectivity index (χ0n) is 18.3. The summed E-state index contributed by atoms with van der Waals surface area (Å²) >= 11 is 1.62. The second kappa shape index (κ2) is 9.62. The summed E-state index contributed by atoms with van der Waals surface area (Å²) < 4.78 is 6.82. The smallest absolute Gasteiger partial charge is 0.337 e. The van der Waals surface area contributed by atoms with Crippen molar-refractivity contribution >= 4 is 22.4 Å². The molecule has 3 aromatic rings. The van der Waals surface area contributed by atoms with E-state index >= 15 is 0 Å². The van der Waals surface area contributed by atoms with Gasteiger partial charge in [0.25, 0.3) is 0 Å². The Morgan fingerprint density at radius 3 is 2.84 bits per heavy atom. The lowest BCUT2D eigenvalue weighted by atomic mass is 9.99. The minimum Gasteiger partial charge on any atom is -0.465 e. The monoisotopic (exact) mass is 439 g/mol. The van der Waals surface area contributed by atoms with Gasteiger partial charge in [-0.25, -0.2) is 9.78 Å². The van der Waals surface area contributed by atoms with Crippen LogP contribution in [0, 0.1) is 12.8 Å². The van der Waals surface area contributed by atoms with E-state index in [0.29, 0.717) is 18.0 Å². The van der Waals surface area contributed by atoms with Gasteiger partial charge in [0.15, 0.2) is 5.13 Å². The molecule has 4 rings (SSSR count). The number of aryl methyl sites for hydroxylation is 1. The van der Waals surface area contributed by atoms with Crippen molar-refractivity contribution in [2.24, 2.45) is 5.92 Å². The number of rotatable bonds is 7. The van der Waals surface area contributed by atoms with Crippen LogP contribution in [0.5, 0.6) is 0 Å². The van der Waals surface area contributed by atoms with Crippen LogP contribution in [0.3, 0.4) is 0 Å². The molecule has 1 aromatic carbocycles. The molecular formula is C23H29N5O2S. The van der Waals surface area contributed by atoms with Gasteiger partial charge in [-0.1, -0.05) is 23.5 Å². The van der Waals surface area contributed by atoms with Crippen LogP contribution in [0.4, 0.5) is 5.13 Å². The van der Waals surface area contributed by atoms with E-state index in [1.54, 1.807) is 23.5 Å². The van der Waals surface area contributed by atoms with Crippen LogP contribution in [0.2, 0.25) is 0 Å². The SMILES string of the molecule is COC(=O)c1ccc(CNc2nc(C)c(-c3ccn(CC4CCCN(C)C4)n3)s2)cc1. The van der Waals surface area contributed by atoms with Gasteiger partial charge in [-0.15, -0.1) is 0 Å². The molecular weight excluding hydrogens is 410 g/mol. The fourth-order valence-corrected chi connectivity index (χ4v) is 4.96. The average molecular weight is 440 g/mol. The van der Waals surface area contributed by atoms with Crippen LogP contribution >= 0.6 is 11.3 Å². The van der Waals surface area contributed by atoms with Crippen molar-refractivity contribution in [1.29, 1.82) is 0 Å². The largest absolute Gasteiger partial charge is 0.465 e. The molecule has 1 aliphatic heterocycles. The number of likely N-dealkylation sites (tertiary alicyclic amines) is 1. The van der Waals surface area contributed by atoms with E-state index in [1.807, 2.05) is 19.1 Å². The highest BCUT2D eigenvalue weighted by Gasteiger charge is 2.19. The van der Waals surface area contributed by atoms with Crippen LogP contribution in [0.15, 0.2) is 36.5 Å². The van der Waals surface area contributed by atoms with Gasteiger partial charge in [0.05, 0.1) is 23.2 Å². The first-order valence-electron chi connectivity index (χ1n) is 10.6. The molecule has 1 saturated heterocycles. The van der Waals surface area contributed by atoms with E-state index in [1.165, 1.54) is 26.5 Å². The lowest BCUT2D eigenvalue weighted by molar-refractivity contribution is 0.0600. The van der Waals surface area contributed by atoms with Crippen LogP contribution in [-0.2, 0) is 17.8 Å². The first-order chi connectivity index (χ1) is 15.0. The summed E-state index contributed by atoms with van der Waals surface area (Å²) in [6.45, 7) is 5.97. The number of hydrogen-bond donors (Lipinski definition) is 1. The molecule has 1 aliphatic rings. The maximum Gasteiger partial charge on any atom is 0.337 e. The quantitative estimate of drug-likeness (QED) is 0.560. The highest BCUT2D eigenvalue weighted by Crippen LogP contribution is 2.32. The molecule has 1 fully saturated rings. The first-order valence-corrected chi connectivity index (χ1v) is 11.4. The third kappa shape index (κ3) is 5.32. The maximum atomic E-state index is 11.6. The molecule has 31 heavy (non-hydrogen) atoms. The second-order valence-electron chi connectivity index (χ2n) is 8.17. The Bertz CT molecular complexity index is 1030. The number of nitrogens with one attached hydrogen (secondary N) is 1. The van der Waals surface area contributed by atoms with Gasteiger partial charge in [0.1, 0.15) is 5.69 Å². The van der Waals surface area contributed by atoms with Gasteiger partial charge in [-0.3, -0.25) is 4.68 Å². The highest BCUT2D eigenvalue weighted by molar-refractivity contribution is 7.19. The molecule has 8 heteroatoms. The Hall–Kier alpha value is -2.71. The number of methoxy groups -OCH3 is 1. The Morgan fingerprint density at radius 1 is 1.29 bits per heavy atom. The van der Waals surface area contributed by atoms with Gasteiger partial charge >= 0.3 is 5.97 Å². The Kier molecular flexibility index (Phi) is 6.67. The number of aromatic nitrogens is 3. The van der Waals surface area contributed by atoms with Crippen molar-refractivity contribution in [2.75, 3.05) is 32.6 Å². The van der Waals surface area contributed by atoms with Gasteiger partial charge in [-0.2, -0.15) is 5.10 Å². The highest BCUT2D eigenvalue weighted by atomic mass is 32.1. The van der Waals surface area contributed by atoms with Gasteiger partial charge in [-0.05, 0) is 63.0 Å². The summed E-state index contributed by atoms with van der Waals surface area (Å²) in [6.07, 6.45) is 4.62. The summed E-state index contributed by atoms with van der Waals surface area (Å²) in [5, 5.41) is 9.07. The fraction of sp³-hybridized carbons (Fsp3) is 0.435. The Labute approximate surface area is 187 Å². The molecule has 0 amide bonds. The van der Waals surface area contributed by atoms with E-state index < -0.39 is 0 Å². The third-order valence-electron chi connectivity index (χ3n) is 5.66. The van der Waals surface area contributed by atoms with Crippen molar-refractivity contribution in [3.63, 3.8) is 0 Å². The van der Waals surface area contributed by atoms with Crippen molar-refractivity contribution in [3.05, 3.63) is 53.3 Å². The predicted octanol–water partition coefficient (Wildman–Crippen LogP) is 4.06. The number of thiazole rings is 1. The summed E-state index contributed by atoms with van der Waals surface area (Å²) in [6, 6.07) is 9.48.